The SMILES string of the molecule is CN1C(=O)N(C)C(O)C2(C1=O)C(c1ccccc1)=CC(=O)N2C. The Morgan fingerprint density at radius 1 is 1.04 bits per heavy atom. The lowest BCUT2D eigenvalue weighted by Crippen LogP contribution is -2.73. The van der Waals surface area contributed by atoms with E-state index >= 15 is 0 Å². The molecule has 2 heterocycles. The van der Waals surface area contributed by atoms with Gasteiger partial charge < -0.3 is 10.0 Å². The van der Waals surface area contributed by atoms with Crippen LogP contribution in [0.2, 0.25) is 0 Å². The van der Waals surface area contributed by atoms with E-state index < -0.39 is 29.6 Å². The summed E-state index contributed by atoms with van der Waals surface area (Å²) in [6.45, 7) is 0. The number of carbonyl (C=O) groups is 3. The van der Waals surface area contributed by atoms with Crippen molar-refractivity contribution in [2.75, 3.05) is 21.1 Å². The number of aliphatic hydroxyl groups is 1. The van der Waals surface area contributed by atoms with E-state index in [1.807, 2.05) is 6.07 Å². The van der Waals surface area contributed by atoms with E-state index in [9.17, 15) is 19.5 Å². The van der Waals surface area contributed by atoms with E-state index in [0.29, 0.717) is 11.1 Å². The summed E-state index contributed by atoms with van der Waals surface area (Å²) >= 11 is 0. The van der Waals surface area contributed by atoms with Gasteiger partial charge in [0, 0.05) is 32.8 Å². The molecule has 1 spiro atoms. The van der Waals surface area contributed by atoms with Crippen LogP contribution >= 0.6 is 0 Å². The minimum absolute atomic E-state index is 0.384. The van der Waals surface area contributed by atoms with Gasteiger partial charge in [-0.1, -0.05) is 30.3 Å². The first-order valence-electron chi connectivity index (χ1n) is 7.12. The Morgan fingerprint density at radius 3 is 2.26 bits per heavy atom. The van der Waals surface area contributed by atoms with Crippen molar-refractivity contribution in [3.63, 3.8) is 0 Å². The fourth-order valence-electron chi connectivity index (χ4n) is 3.25. The van der Waals surface area contributed by atoms with E-state index in [1.165, 1.54) is 32.1 Å². The molecule has 0 aliphatic carbocycles. The Bertz CT molecular complexity index is 730. The molecule has 4 amide bonds. The molecular formula is C16H17N3O4. The Morgan fingerprint density at radius 2 is 1.65 bits per heavy atom. The maximum absolute atomic E-state index is 12.9. The highest BCUT2D eigenvalue weighted by molar-refractivity contribution is 6.18. The third-order valence-electron chi connectivity index (χ3n) is 4.58. The van der Waals surface area contributed by atoms with E-state index in [0.717, 1.165) is 9.80 Å². The zero-order valence-corrected chi connectivity index (χ0v) is 13.1. The van der Waals surface area contributed by atoms with Gasteiger partial charge in [-0.2, -0.15) is 0 Å². The molecule has 0 radical (unpaired) electrons. The summed E-state index contributed by atoms with van der Waals surface area (Å²) in [5.41, 5.74) is -0.612. The third kappa shape index (κ3) is 1.77. The minimum atomic E-state index is -1.64. The van der Waals surface area contributed by atoms with Crippen molar-refractivity contribution in [2.24, 2.45) is 0 Å². The molecule has 120 valence electrons. The van der Waals surface area contributed by atoms with Crippen LogP contribution in [-0.2, 0) is 9.59 Å². The molecular weight excluding hydrogens is 298 g/mol. The van der Waals surface area contributed by atoms with E-state index in [2.05, 4.69) is 0 Å². The Kier molecular flexibility index (Phi) is 3.26. The molecule has 1 N–H and O–H groups in total. The van der Waals surface area contributed by atoms with Gasteiger partial charge in [0.1, 0.15) is 0 Å². The number of imide groups is 1. The lowest BCUT2D eigenvalue weighted by atomic mass is 9.81. The summed E-state index contributed by atoms with van der Waals surface area (Å²) < 4.78 is 0. The number of hydrogen-bond donors (Lipinski definition) is 1. The first-order chi connectivity index (χ1) is 10.8. The third-order valence-corrected chi connectivity index (χ3v) is 4.58. The van der Waals surface area contributed by atoms with Gasteiger partial charge in [-0.05, 0) is 5.56 Å². The number of likely N-dealkylation sites (N-methyl/N-ethyl adjacent to an activating group) is 3. The van der Waals surface area contributed by atoms with E-state index in [-0.39, 0.29) is 0 Å². The van der Waals surface area contributed by atoms with Gasteiger partial charge in [0.25, 0.3) is 5.91 Å². The van der Waals surface area contributed by atoms with Crippen molar-refractivity contribution in [1.82, 2.24) is 14.7 Å². The molecule has 2 atom stereocenters. The van der Waals surface area contributed by atoms with E-state index in [4.69, 9.17) is 0 Å². The van der Waals surface area contributed by atoms with Crippen LogP contribution < -0.4 is 0 Å². The van der Waals surface area contributed by atoms with Gasteiger partial charge in [-0.3, -0.25) is 19.4 Å². The molecule has 1 fully saturated rings. The highest BCUT2D eigenvalue weighted by atomic mass is 16.3. The monoisotopic (exact) mass is 315 g/mol. The number of hydrogen-bond acceptors (Lipinski definition) is 4. The number of aliphatic hydroxyl groups excluding tert-OH is 1. The molecule has 1 saturated heterocycles. The molecule has 0 aromatic heterocycles. The predicted octanol–water partition coefficient (Wildman–Crippen LogP) is 0.123. The first kappa shape index (κ1) is 15.2. The van der Waals surface area contributed by atoms with Crippen LogP contribution in [-0.4, -0.2) is 70.6 Å². The minimum Gasteiger partial charge on any atom is -0.370 e. The number of carbonyl (C=O) groups excluding carboxylic acids is 3. The Balaban J connectivity index is 2.25. The highest BCUT2D eigenvalue weighted by Crippen LogP contribution is 2.44. The Hall–Kier alpha value is -2.67. The molecule has 2 aliphatic heterocycles. The largest absolute Gasteiger partial charge is 0.370 e. The number of benzene rings is 1. The van der Waals surface area contributed by atoms with Crippen molar-refractivity contribution in [2.45, 2.75) is 11.8 Å². The number of nitrogens with zero attached hydrogens (tertiary/aromatic N) is 3. The molecule has 7 nitrogen and oxygen atoms in total. The van der Waals surface area contributed by atoms with Crippen LogP contribution in [0.5, 0.6) is 0 Å². The Labute approximate surface area is 133 Å². The fourth-order valence-corrected chi connectivity index (χ4v) is 3.25. The summed E-state index contributed by atoms with van der Waals surface area (Å²) in [7, 11) is 4.19. The average molecular weight is 315 g/mol. The standard InChI is InChI=1S/C16H17N3O4/c1-17-13(21)16(14(22)18(2)15(17)23)11(9-12(20)19(16)3)10-7-5-4-6-8-10/h4-9,13,21H,1-3H3. The summed E-state index contributed by atoms with van der Waals surface area (Å²) in [5, 5.41) is 10.7. The first-order valence-corrected chi connectivity index (χ1v) is 7.12. The maximum Gasteiger partial charge on any atom is 0.328 e. The summed E-state index contributed by atoms with van der Waals surface area (Å²) in [6.07, 6.45) is -0.130. The summed E-state index contributed by atoms with van der Waals surface area (Å²) in [6, 6.07) is 8.29. The zero-order valence-electron chi connectivity index (χ0n) is 13.1. The van der Waals surface area contributed by atoms with Crippen molar-refractivity contribution >= 4 is 23.4 Å². The molecule has 1 aromatic carbocycles. The quantitative estimate of drug-likeness (QED) is 0.798. The average Bonchev–Trinajstić information content (AvgIpc) is 2.83. The van der Waals surface area contributed by atoms with Gasteiger partial charge >= 0.3 is 6.03 Å². The second-order valence-electron chi connectivity index (χ2n) is 5.72. The maximum atomic E-state index is 12.9. The lowest BCUT2D eigenvalue weighted by molar-refractivity contribution is -0.161. The van der Waals surface area contributed by atoms with Crippen molar-refractivity contribution < 1.29 is 19.5 Å². The second kappa shape index (κ2) is 4.92. The topological polar surface area (TPSA) is 81.2 Å². The second-order valence-corrected chi connectivity index (χ2v) is 5.72. The molecule has 2 unspecified atom stereocenters. The normalized spacial score (nSPS) is 28.0. The highest BCUT2D eigenvalue weighted by Gasteiger charge is 2.63. The fraction of sp³-hybridized carbons (Fsp3) is 0.312. The van der Waals surface area contributed by atoms with Crippen LogP contribution in [0.3, 0.4) is 0 Å². The molecule has 3 rings (SSSR count). The van der Waals surface area contributed by atoms with Gasteiger partial charge in [-0.25, -0.2) is 4.79 Å². The molecule has 0 bridgehead atoms. The molecule has 2 aliphatic rings. The van der Waals surface area contributed by atoms with Gasteiger partial charge in [0.15, 0.2) is 11.8 Å². The molecule has 0 saturated carbocycles. The molecule has 23 heavy (non-hydrogen) atoms. The number of urea groups is 1. The van der Waals surface area contributed by atoms with Crippen molar-refractivity contribution in [1.29, 1.82) is 0 Å². The lowest BCUT2D eigenvalue weighted by Gasteiger charge is -2.49. The summed E-state index contributed by atoms with van der Waals surface area (Å²) in [5.74, 6) is -1.02. The predicted molar refractivity (Wildman–Crippen MR) is 81.9 cm³/mol. The van der Waals surface area contributed by atoms with Gasteiger partial charge in [-0.15, -0.1) is 0 Å². The van der Waals surface area contributed by atoms with Crippen LogP contribution in [0.15, 0.2) is 36.4 Å². The molecule has 7 heteroatoms. The van der Waals surface area contributed by atoms with Crippen LogP contribution in [0.4, 0.5) is 4.79 Å². The zero-order chi connectivity index (χ0) is 16.9. The number of rotatable bonds is 1. The van der Waals surface area contributed by atoms with Crippen LogP contribution in [0.25, 0.3) is 5.57 Å². The van der Waals surface area contributed by atoms with Crippen molar-refractivity contribution in [3.05, 3.63) is 42.0 Å². The van der Waals surface area contributed by atoms with E-state index in [1.54, 1.807) is 24.3 Å². The molecule has 1 aromatic rings. The number of amides is 4. The smallest absolute Gasteiger partial charge is 0.328 e. The van der Waals surface area contributed by atoms with Crippen LogP contribution in [0.1, 0.15) is 5.56 Å². The van der Waals surface area contributed by atoms with Crippen molar-refractivity contribution in [3.8, 4) is 0 Å². The van der Waals surface area contributed by atoms with Crippen LogP contribution in [0, 0.1) is 0 Å². The van der Waals surface area contributed by atoms with Gasteiger partial charge in [0.2, 0.25) is 5.91 Å². The summed E-state index contributed by atoms with van der Waals surface area (Å²) in [4.78, 5) is 40.5. The van der Waals surface area contributed by atoms with Gasteiger partial charge in [0.05, 0.1) is 0 Å².